The maximum atomic E-state index is 12.9. The van der Waals surface area contributed by atoms with E-state index in [2.05, 4.69) is 4.72 Å². The van der Waals surface area contributed by atoms with Crippen LogP contribution in [-0.4, -0.2) is 30.6 Å². The number of aliphatic carboxylic acids is 1. The van der Waals surface area contributed by atoms with Crippen LogP contribution in [-0.2, 0) is 21.2 Å². The molecule has 0 aliphatic rings. The Labute approximate surface area is 156 Å². The summed E-state index contributed by atoms with van der Waals surface area (Å²) in [7, 11) is -4.11. The molecule has 3 aromatic rings. The Morgan fingerprint density at radius 3 is 2.26 bits per heavy atom. The van der Waals surface area contributed by atoms with Crippen molar-refractivity contribution in [3.63, 3.8) is 0 Å². The number of nitrogen functional groups attached to an aromatic ring is 1. The molecule has 0 saturated carbocycles. The Morgan fingerprint density at radius 2 is 1.63 bits per heavy atom. The van der Waals surface area contributed by atoms with Crippen LogP contribution in [0.2, 0.25) is 0 Å². The number of nitrogens with one attached hydrogen (secondary N) is 1. The van der Waals surface area contributed by atoms with E-state index >= 15 is 0 Å². The Morgan fingerprint density at radius 1 is 1.00 bits per heavy atom. The van der Waals surface area contributed by atoms with Gasteiger partial charge in [-0.15, -0.1) is 0 Å². The van der Waals surface area contributed by atoms with E-state index in [9.17, 15) is 23.4 Å². The smallest absolute Gasteiger partial charge is 0.322 e. The van der Waals surface area contributed by atoms with E-state index < -0.39 is 22.0 Å². The van der Waals surface area contributed by atoms with E-state index in [4.69, 9.17) is 5.73 Å². The predicted molar refractivity (Wildman–Crippen MR) is 102 cm³/mol. The lowest BCUT2D eigenvalue weighted by Gasteiger charge is -2.16. The molecule has 0 radical (unpaired) electrons. The van der Waals surface area contributed by atoms with Crippen LogP contribution in [0.1, 0.15) is 5.56 Å². The van der Waals surface area contributed by atoms with Gasteiger partial charge in [0.05, 0.1) is 4.90 Å². The number of nitrogens with two attached hydrogens (primary N) is 1. The van der Waals surface area contributed by atoms with Crippen molar-refractivity contribution in [2.45, 2.75) is 17.4 Å². The van der Waals surface area contributed by atoms with Crippen molar-refractivity contribution >= 4 is 32.5 Å². The average molecular weight is 386 g/mol. The zero-order chi connectivity index (χ0) is 19.6. The molecule has 5 N–H and O–H groups in total. The maximum absolute atomic E-state index is 12.9. The van der Waals surface area contributed by atoms with E-state index in [-0.39, 0.29) is 17.1 Å². The van der Waals surface area contributed by atoms with Crippen molar-refractivity contribution in [3.8, 4) is 5.75 Å². The molecular formula is C19H18N2O5S. The van der Waals surface area contributed by atoms with Gasteiger partial charge in [-0.25, -0.2) is 8.42 Å². The van der Waals surface area contributed by atoms with E-state index in [0.717, 1.165) is 0 Å². The fourth-order valence-corrected chi connectivity index (χ4v) is 4.23. The zero-order valence-corrected chi connectivity index (χ0v) is 15.0. The molecular weight excluding hydrogens is 368 g/mol. The number of hydrogen-bond acceptors (Lipinski definition) is 5. The molecule has 0 fully saturated rings. The third-order valence-corrected chi connectivity index (χ3v) is 5.71. The predicted octanol–water partition coefficient (Wildman–Crippen LogP) is 2.10. The van der Waals surface area contributed by atoms with Gasteiger partial charge >= 0.3 is 5.97 Å². The van der Waals surface area contributed by atoms with Crippen molar-refractivity contribution in [3.05, 3.63) is 66.2 Å². The van der Waals surface area contributed by atoms with Crippen LogP contribution in [0.3, 0.4) is 0 Å². The first-order chi connectivity index (χ1) is 12.8. The van der Waals surface area contributed by atoms with Gasteiger partial charge in [0.25, 0.3) is 0 Å². The van der Waals surface area contributed by atoms with E-state index in [1.807, 2.05) is 0 Å². The summed E-state index contributed by atoms with van der Waals surface area (Å²) in [6.45, 7) is 0. The summed E-state index contributed by atoms with van der Waals surface area (Å²) in [6, 6.07) is 14.1. The first kappa shape index (κ1) is 18.7. The highest BCUT2D eigenvalue weighted by Gasteiger charge is 2.27. The van der Waals surface area contributed by atoms with Crippen LogP contribution in [0.15, 0.2) is 65.6 Å². The largest absolute Gasteiger partial charge is 0.508 e. The first-order valence-corrected chi connectivity index (χ1v) is 9.56. The highest BCUT2D eigenvalue weighted by atomic mass is 32.2. The zero-order valence-electron chi connectivity index (χ0n) is 14.2. The molecule has 0 bridgehead atoms. The normalized spacial score (nSPS) is 12.7. The number of fused-ring (bicyclic) bond motifs is 1. The summed E-state index contributed by atoms with van der Waals surface area (Å²) in [5.74, 6) is -1.26. The minimum Gasteiger partial charge on any atom is -0.508 e. The summed E-state index contributed by atoms with van der Waals surface area (Å²) in [5, 5.41) is 19.8. The number of phenols is 1. The molecule has 0 aromatic heterocycles. The number of benzene rings is 3. The van der Waals surface area contributed by atoms with Crippen LogP contribution < -0.4 is 10.5 Å². The number of carboxylic acids is 1. The minimum absolute atomic E-state index is 0.0377. The number of aromatic hydroxyl groups is 1. The van der Waals surface area contributed by atoms with Gasteiger partial charge in [-0.3, -0.25) is 4.79 Å². The molecule has 0 spiro atoms. The van der Waals surface area contributed by atoms with Gasteiger partial charge in [0.1, 0.15) is 11.8 Å². The highest BCUT2D eigenvalue weighted by molar-refractivity contribution is 7.89. The van der Waals surface area contributed by atoms with Crippen molar-refractivity contribution in [1.82, 2.24) is 4.72 Å². The molecule has 1 unspecified atom stereocenters. The minimum atomic E-state index is -4.11. The van der Waals surface area contributed by atoms with Gasteiger partial charge in [0.15, 0.2) is 0 Å². The second-order valence-corrected chi connectivity index (χ2v) is 7.76. The van der Waals surface area contributed by atoms with Crippen molar-refractivity contribution in [2.24, 2.45) is 0 Å². The Hall–Kier alpha value is -3.10. The number of carboxylic acid groups (broad SMARTS) is 1. The quantitative estimate of drug-likeness (QED) is 0.480. The Kier molecular flexibility index (Phi) is 5.02. The Bertz CT molecular complexity index is 1090. The number of rotatable bonds is 6. The molecule has 0 saturated heterocycles. The second-order valence-electron chi connectivity index (χ2n) is 6.08. The van der Waals surface area contributed by atoms with Gasteiger partial charge in [0.2, 0.25) is 10.0 Å². The fraction of sp³-hybridized carbons (Fsp3) is 0.105. The van der Waals surface area contributed by atoms with E-state index in [1.54, 1.807) is 24.3 Å². The van der Waals surface area contributed by atoms with Gasteiger partial charge in [0, 0.05) is 16.5 Å². The summed E-state index contributed by atoms with van der Waals surface area (Å²) in [4.78, 5) is 11.6. The monoisotopic (exact) mass is 386 g/mol. The van der Waals surface area contributed by atoms with E-state index in [1.165, 1.54) is 36.4 Å². The number of phenolic OH excluding ortho intramolecular Hbond substituents is 1. The molecule has 8 heteroatoms. The standard InChI is InChI=1S/C19H18N2O5S/c20-16-9-10-18(15-4-2-1-3-14(15)16)27(25,26)21-17(19(23)24)11-12-5-7-13(22)8-6-12/h1-10,17,21-22H,11,20H2,(H,23,24). The maximum Gasteiger partial charge on any atom is 0.322 e. The van der Waals surface area contributed by atoms with Crippen LogP contribution in [0.4, 0.5) is 5.69 Å². The highest BCUT2D eigenvalue weighted by Crippen LogP contribution is 2.27. The number of carbonyl (C=O) groups is 1. The second kappa shape index (κ2) is 7.26. The lowest BCUT2D eigenvalue weighted by Crippen LogP contribution is -2.42. The molecule has 0 aliphatic heterocycles. The number of sulfonamides is 1. The van der Waals surface area contributed by atoms with E-state index in [0.29, 0.717) is 22.0 Å². The van der Waals surface area contributed by atoms with Gasteiger partial charge in [-0.1, -0.05) is 36.4 Å². The molecule has 3 aromatic carbocycles. The average Bonchev–Trinajstić information content (AvgIpc) is 2.63. The lowest BCUT2D eigenvalue weighted by molar-refractivity contribution is -0.138. The molecule has 0 heterocycles. The molecule has 3 rings (SSSR count). The molecule has 27 heavy (non-hydrogen) atoms. The van der Waals surface area contributed by atoms with Crippen LogP contribution >= 0.6 is 0 Å². The third-order valence-electron chi connectivity index (χ3n) is 4.18. The van der Waals surface area contributed by atoms with Crippen molar-refractivity contribution in [1.29, 1.82) is 0 Å². The lowest BCUT2D eigenvalue weighted by atomic mass is 10.1. The summed E-state index contributed by atoms with van der Waals surface area (Å²) >= 11 is 0. The first-order valence-electron chi connectivity index (χ1n) is 8.08. The molecule has 7 nitrogen and oxygen atoms in total. The van der Waals surface area contributed by atoms with Crippen LogP contribution in [0.5, 0.6) is 5.75 Å². The van der Waals surface area contributed by atoms with Gasteiger partial charge in [-0.2, -0.15) is 4.72 Å². The molecule has 140 valence electrons. The molecule has 0 amide bonds. The summed E-state index contributed by atoms with van der Waals surface area (Å²) in [6.07, 6.45) is -0.0677. The number of anilines is 1. The molecule has 0 aliphatic carbocycles. The van der Waals surface area contributed by atoms with Crippen LogP contribution in [0.25, 0.3) is 10.8 Å². The fourth-order valence-electron chi connectivity index (χ4n) is 2.83. The van der Waals surface area contributed by atoms with Gasteiger partial charge < -0.3 is 15.9 Å². The van der Waals surface area contributed by atoms with Crippen molar-refractivity contribution in [2.75, 3.05) is 5.73 Å². The van der Waals surface area contributed by atoms with Gasteiger partial charge in [-0.05, 0) is 36.2 Å². The van der Waals surface area contributed by atoms with Crippen LogP contribution in [0, 0.1) is 0 Å². The van der Waals surface area contributed by atoms with Crippen molar-refractivity contribution < 1.29 is 23.4 Å². The molecule has 1 atom stereocenters. The summed E-state index contributed by atoms with van der Waals surface area (Å²) < 4.78 is 28.0. The summed E-state index contributed by atoms with van der Waals surface area (Å²) in [5.41, 5.74) is 6.91. The third kappa shape index (κ3) is 4.02. The SMILES string of the molecule is Nc1ccc(S(=O)(=O)NC(Cc2ccc(O)cc2)C(=O)O)c2ccccc12. The Balaban J connectivity index is 1.95. The topological polar surface area (TPSA) is 130 Å². The number of hydrogen-bond donors (Lipinski definition) is 4.